The summed E-state index contributed by atoms with van der Waals surface area (Å²) in [7, 11) is 0. The van der Waals surface area contributed by atoms with Crippen LogP contribution in [0.3, 0.4) is 0 Å². The molecular weight excluding hydrogens is 220 g/mol. The van der Waals surface area contributed by atoms with E-state index in [0.717, 1.165) is 30.1 Å². The molecule has 3 saturated carbocycles. The highest BCUT2D eigenvalue weighted by atomic mass is 16.1. The van der Waals surface area contributed by atoms with Crippen molar-refractivity contribution >= 4 is 5.78 Å². The van der Waals surface area contributed by atoms with Crippen LogP contribution in [-0.2, 0) is 4.79 Å². The second kappa shape index (κ2) is 4.21. The van der Waals surface area contributed by atoms with E-state index in [4.69, 9.17) is 0 Å². The predicted molar refractivity (Wildman–Crippen MR) is 72.1 cm³/mol. The second-order valence-electron chi connectivity index (χ2n) is 7.15. The van der Waals surface area contributed by atoms with Crippen molar-refractivity contribution in [3.63, 3.8) is 0 Å². The van der Waals surface area contributed by atoms with E-state index in [-0.39, 0.29) is 0 Å². The summed E-state index contributed by atoms with van der Waals surface area (Å²) in [4.78, 5) is 11.7. The Balaban J connectivity index is 1.62. The van der Waals surface area contributed by atoms with Crippen LogP contribution < -0.4 is 0 Å². The van der Waals surface area contributed by atoms with Crippen molar-refractivity contribution in [2.45, 2.75) is 57.8 Å². The van der Waals surface area contributed by atoms with Gasteiger partial charge in [-0.3, -0.25) is 4.79 Å². The number of hydrogen-bond acceptors (Lipinski definition) is 1. The van der Waals surface area contributed by atoms with Gasteiger partial charge in [0.1, 0.15) is 0 Å². The highest BCUT2D eigenvalue weighted by Crippen LogP contribution is 2.55. The Kier molecular flexibility index (Phi) is 2.63. The van der Waals surface area contributed by atoms with E-state index in [1.165, 1.54) is 51.4 Å². The van der Waals surface area contributed by atoms with E-state index in [2.05, 4.69) is 0 Å². The zero-order valence-corrected chi connectivity index (χ0v) is 11.2. The molecule has 4 aliphatic carbocycles. The van der Waals surface area contributed by atoms with E-state index in [9.17, 15) is 4.79 Å². The monoisotopic (exact) mass is 244 g/mol. The first-order valence-corrected chi connectivity index (χ1v) is 8.07. The lowest BCUT2D eigenvalue weighted by Gasteiger charge is -2.49. The SMILES string of the molecule is O=C1C=C2C(CCC3C2CCC2CCCCC23)C1. The van der Waals surface area contributed by atoms with Gasteiger partial charge in [0.2, 0.25) is 0 Å². The number of fused-ring (bicyclic) bond motifs is 5. The third kappa shape index (κ3) is 1.62. The van der Waals surface area contributed by atoms with Crippen LogP contribution >= 0.6 is 0 Å². The minimum absolute atomic E-state index is 0.418. The lowest BCUT2D eigenvalue weighted by atomic mass is 9.55. The molecular formula is C17H24O. The van der Waals surface area contributed by atoms with Crippen LogP contribution in [0.2, 0.25) is 0 Å². The fraction of sp³-hybridized carbons (Fsp3) is 0.824. The molecule has 0 bridgehead atoms. The Labute approximate surface area is 110 Å². The zero-order chi connectivity index (χ0) is 12.1. The summed E-state index contributed by atoms with van der Waals surface area (Å²) < 4.78 is 0. The maximum Gasteiger partial charge on any atom is 0.156 e. The van der Waals surface area contributed by atoms with Gasteiger partial charge in [0.15, 0.2) is 5.78 Å². The standard InChI is InChI=1S/C17H24O/c18-13-9-12-6-8-15-14-4-2-1-3-11(14)5-7-16(15)17(12)10-13/h10-12,14-16H,1-9H2. The van der Waals surface area contributed by atoms with Gasteiger partial charge in [-0.15, -0.1) is 0 Å². The van der Waals surface area contributed by atoms with Crippen LogP contribution in [-0.4, -0.2) is 5.78 Å². The molecule has 0 aromatic rings. The molecule has 0 heterocycles. The van der Waals surface area contributed by atoms with Crippen molar-refractivity contribution in [1.82, 2.24) is 0 Å². The van der Waals surface area contributed by atoms with Gasteiger partial charge < -0.3 is 0 Å². The molecule has 18 heavy (non-hydrogen) atoms. The van der Waals surface area contributed by atoms with Crippen molar-refractivity contribution in [3.05, 3.63) is 11.6 Å². The molecule has 0 N–H and O–H groups in total. The molecule has 0 spiro atoms. The molecule has 0 radical (unpaired) electrons. The number of hydrogen-bond donors (Lipinski definition) is 0. The zero-order valence-electron chi connectivity index (χ0n) is 11.2. The molecule has 1 heteroatoms. The van der Waals surface area contributed by atoms with Gasteiger partial charge in [0, 0.05) is 6.42 Å². The van der Waals surface area contributed by atoms with Crippen molar-refractivity contribution in [3.8, 4) is 0 Å². The molecule has 4 rings (SSSR count). The van der Waals surface area contributed by atoms with Crippen molar-refractivity contribution in [2.75, 3.05) is 0 Å². The summed E-state index contributed by atoms with van der Waals surface area (Å²) in [5, 5.41) is 0. The summed E-state index contributed by atoms with van der Waals surface area (Å²) in [6.07, 6.45) is 14.4. The first kappa shape index (κ1) is 11.3. The van der Waals surface area contributed by atoms with E-state index in [1.807, 2.05) is 6.08 Å². The normalized spacial score (nSPS) is 47.0. The van der Waals surface area contributed by atoms with Crippen LogP contribution in [0.4, 0.5) is 0 Å². The number of ketones is 1. The maximum absolute atomic E-state index is 11.7. The van der Waals surface area contributed by atoms with E-state index < -0.39 is 0 Å². The smallest absolute Gasteiger partial charge is 0.156 e. The molecule has 5 atom stereocenters. The summed E-state index contributed by atoms with van der Waals surface area (Å²) >= 11 is 0. The average Bonchev–Trinajstić information content (AvgIpc) is 2.79. The van der Waals surface area contributed by atoms with Gasteiger partial charge in [0.05, 0.1) is 0 Å². The summed E-state index contributed by atoms with van der Waals surface area (Å²) in [6, 6.07) is 0. The number of carbonyl (C=O) groups is 1. The number of carbonyl (C=O) groups excluding carboxylic acids is 1. The fourth-order valence-electron chi connectivity index (χ4n) is 5.69. The first-order chi connectivity index (χ1) is 8.83. The summed E-state index contributed by atoms with van der Waals surface area (Å²) in [6.45, 7) is 0. The van der Waals surface area contributed by atoms with Crippen molar-refractivity contribution < 1.29 is 4.79 Å². The van der Waals surface area contributed by atoms with E-state index in [1.54, 1.807) is 5.57 Å². The van der Waals surface area contributed by atoms with Crippen molar-refractivity contribution in [2.24, 2.45) is 29.6 Å². The Morgan fingerprint density at radius 2 is 1.78 bits per heavy atom. The van der Waals surface area contributed by atoms with Gasteiger partial charge >= 0.3 is 0 Å². The molecule has 0 aliphatic heterocycles. The molecule has 0 saturated heterocycles. The molecule has 0 aromatic carbocycles. The lowest BCUT2D eigenvalue weighted by Crippen LogP contribution is -2.40. The molecule has 0 amide bonds. The average molecular weight is 244 g/mol. The number of allylic oxidation sites excluding steroid dienone is 2. The first-order valence-electron chi connectivity index (χ1n) is 8.07. The van der Waals surface area contributed by atoms with Crippen LogP contribution in [0.15, 0.2) is 11.6 Å². The van der Waals surface area contributed by atoms with E-state index in [0.29, 0.717) is 11.7 Å². The van der Waals surface area contributed by atoms with Gasteiger partial charge in [-0.25, -0.2) is 0 Å². The van der Waals surface area contributed by atoms with Crippen LogP contribution in [0, 0.1) is 29.6 Å². The Morgan fingerprint density at radius 1 is 0.889 bits per heavy atom. The minimum atomic E-state index is 0.418. The highest BCUT2D eigenvalue weighted by Gasteiger charge is 2.46. The topological polar surface area (TPSA) is 17.1 Å². The van der Waals surface area contributed by atoms with Crippen LogP contribution in [0.5, 0.6) is 0 Å². The second-order valence-corrected chi connectivity index (χ2v) is 7.15. The molecule has 4 aliphatic rings. The quantitative estimate of drug-likeness (QED) is 0.626. The van der Waals surface area contributed by atoms with E-state index >= 15 is 0 Å². The van der Waals surface area contributed by atoms with Crippen molar-refractivity contribution in [1.29, 1.82) is 0 Å². The summed E-state index contributed by atoms with van der Waals surface area (Å²) in [5.41, 5.74) is 1.58. The Hall–Kier alpha value is -0.590. The van der Waals surface area contributed by atoms with Crippen LogP contribution in [0.1, 0.15) is 57.8 Å². The van der Waals surface area contributed by atoms with Gasteiger partial charge in [0.25, 0.3) is 0 Å². The minimum Gasteiger partial charge on any atom is -0.295 e. The highest BCUT2D eigenvalue weighted by molar-refractivity contribution is 5.93. The fourth-order valence-corrected chi connectivity index (χ4v) is 5.69. The molecule has 0 aromatic heterocycles. The molecule has 1 nitrogen and oxygen atoms in total. The Morgan fingerprint density at radius 3 is 2.72 bits per heavy atom. The third-order valence-electron chi connectivity index (χ3n) is 6.41. The third-order valence-corrected chi connectivity index (χ3v) is 6.41. The summed E-state index contributed by atoms with van der Waals surface area (Å²) in [5.74, 6) is 4.86. The van der Waals surface area contributed by atoms with Gasteiger partial charge in [-0.2, -0.15) is 0 Å². The Bertz CT molecular complexity index is 394. The lowest BCUT2D eigenvalue weighted by molar-refractivity contribution is -0.114. The molecule has 98 valence electrons. The maximum atomic E-state index is 11.7. The van der Waals surface area contributed by atoms with Gasteiger partial charge in [-0.1, -0.05) is 24.8 Å². The van der Waals surface area contributed by atoms with Crippen LogP contribution in [0.25, 0.3) is 0 Å². The largest absolute Gasteiger partial charge is 0.295 e. The number of rotatable bonds is 0. The predicted octanol–water partition coefficient (Wildman–Crippen LogP) is 4.13. The van der Waals surface area contributed by atoms with Gasteiger partial charge in [-0.05, 0) is 67.8 Å². The molecule has 3 fully saturated rings. The molecule has 5 unspecified atom stereocenters.